The molecule has 0 bridgehead atoms. The lowest BCUT2D eigenvalue weighted by Crippen LogP contribution is -1.91. The first-order valence-electron chi connectivity index (χ1n) is 3.36. The molecule has 0 aliphatic rings. The molecule has 0 aliphatic heterocycles. The Kier molecular flexibility index (Phi) is 2.33. The van der Waals surface area contributed by atoms with Gasteiger partial charge in [-0.2, -0.15) is 0 Å². The highest BCUT2D eigenvalue weighted by atomic mass is 16.3. The Bertz CT molecular complexity index is 225. The van der Waals surface area contributed by atoms with Crippen LogP contribution in [0.1, 0.15) is 5.56 Å². The number of aliphatic hydroxyl groups excluding tert-OH is 1. The Morgan fingerprint density at radius 1 is 1.09 bits per heavy atom. The highest BCUT2D eigenvalue weighted by Gasteiger charge is 2.04. The first-order valence-corrected chi connectivity index (χ1v) is 3.36. The highest BCUT2D eigenvalue weighted by molar-refractivity contribution is 5.42. The van der Waals surface area contributed by atoms with Crippen LogP contribution in [0.4, 0.5) is 0 Å². The average molecular weight is 154 g/mol. The quantitative estimate of drug-likeness (QED) is 0.585. The zero-order valence-corrected chi connectivity index (χ0v) is 5.99. The Morgan fingerprint density at radius 2 is 1.64 bits per heavy atom. The molecule has 60 valence electrons. The molecule has 0 atom stereocenters. The lowest BCUT2D eigenvalue weighted by molar-refractivity contribution is 0.295. The van der Waals surface area contributed by atoms with Crippen LogP contribution in [0.25, 0.3) is 0 Å². The first-order chi connectivity index (χ1) is 5.25. The van der Waals surface area contributed by atoms with E-state index in [1.807, 2.05) is 0 Å². The maximum atomic E-state index is 9.15. The van der Waals surface area contributed by atoms with Crippen molar-refractivity contribution in [3.8, 4) is 11.5 Å². The predicted molar refractivity (Wildman–Crippen MR) is 40.6 cm³/mol. The van der Waals surface area contributed by atoms with Crippen molar-refractivity contribution >= 4 is 0 Å². The summed E-state index contributed by atoms with van der Waals surface area (Å²) in [5, 5.41) is 26.8. The van der Waals surface area contributed by atoms with Gasteiger partial charge in [0, 0.05) is 18.6 Å². The van der Waals surface area contributed by atoms with Gasteiger partial charge in [-0.05, 0) is 12.1 Å². The fourth-order valence-corrected chi connectivity index (χ4v) is 0.931. The third-order valence-corrected chi connectivity index (χ3v) is 1.49. The fourth-order valence-electron chi connectivity index (χ4n) is 0.931. The highest BCUT2D eigenvalue weighted by Crippen LogP contribution is 2.25. The predicted octanol–water partition coefficient (Wildman–Crippen LogP) is 0.633. The molecule has 0 amide bonds. The summed E-state index contributed by atoms with van der Waals surface area (Å²) in [5.41, 5.74) is 0.398. The summed E-state index contributed by atoms with van der Waals surface area (Å²) in [7, 11) is 0. The van der Waals surface area contributed by atoms with Crippen LogP contribution in [0.15, 0.2) is 18.2 Å². The number of hydrogen-bond donors (Lipinski definition) is 3. The number of benzene rings is 1. The van der Waals surface area contributed by atoms with E-state index in [1.165, 1.54) is 12.1 Å². The van der Waals surface area contributed by atoms with Crippen LogP contribution in [0.3, 0.4) is 0 Å². The van der Waals surface area contributed by atoms with Gasteiger partial charge in [0.05, 0.1) is 0 Å². The lowest BCUT2D eigenvalue weighted by Gasteiger charge is -2.03. The molecule has 0 radical (unpaired) electrons. The van der Waals surface area contributed by atoms with E-state index < -0.39 is 0 Å². The van der Waals surface area contributed by atoms with Gasteiger partial charge in [-0.15, -0.1) is 0 Å². The Labute approximate surface area is 64.5 Å². The van der Waals surface area contributed by atoms with E-state index in [0.717, 1.165) is 0 Å². The summed E-state index contributed by atoms with van der Waals surface area (Å²) in [4.78, 5) is 0. The molecule has 0 spiro atoms. The minimum Gasteiger partial charge on any atom is -0.508 e. The number of hydrogen-bond acceptors (Lipinski definition) is 3. The monoisotopic (exact) mass is 154 g/mol. The number of phenols is 2. The molecule has 0 aromatic heterocycles. The third kappa shape index (κ3) is 1.62. The zero-order valence-electron chi connectivity index (χ0n) is 5.99. The van der Waals surface area contributed by atoms with Gasteiger partial charge < -0.3 is 15.3 Å². The maximum Gasteiger partial charge on any atom is 0.122 e. The van der Waals surface area contributed by atoms with Crippen LogP contribution in [-0.4, -0.2) is 21.9 Å². The lowest BCUT2D eigenvalue weighted by atomic mass is 10.1. The van der Waals surface area contributed by atoms with Crippen molar-refractivity contribution < 1.29 is 15.3 Å². The zero-order chi connectivity index (χ0) is 8.27. The maximum absolute atomic E-state index is 9.15. The molecule has 3 nitrogen and oxygen atoms in total. The van der Waals surface area contributed by atoms with Gasteiger partial charge in [0.2, 0.25) is 0 Å². The smallest absolute Gasteiger partial charge is 0.122 e. The number of aliphatic hydroxyl groups is 1. The number of rotatable bonds is 2. The fraction of sp³-hybridized carbons (Fsp3) is 0.250. The summed E-state index contributed by atoms with van der Waals surface area (Å²) >= 11 is 0. The van der Waals surface area contributed by atoms with E-state index in [9.17, 15) is 0 Å². The molecule has 0 saturated heterocycles. The van der Waals surface area contributed by atoms with Gasteiger partial charge in [0.25, 0.3) is 0 Å². The number of phenolic OH excluding ortho intramolecular Hbond substituents is 2. The first kappa shape index (κ1) is 7.88. The molecule has 3 N–H and O–H groups in total. The van der Waals surface area contributed by atoms with Crippen molar-refractivity contribution in [2.75, 3.05) is 6.61 Å². The summed E-state index contributed by atoms with van der Waals surface area (Å²) < 4.78 is 0. The molecule has 1 aromatic rings. The van der Waals surface area contributed by atoms with Crippen LogP contribution in [0.2, 0.25) is 0 Å². The second kappa shape index (κ2) is 3.25. The minimum absolute atomic E-state index is 0.0269. The van der Waals surface area contributed by atoms with E-state index in [4.69, 9.17) is 15.3 Å². The van der Waals surface area contributed by atoms with Gasteiger partial charge >= 0.3 is 0 Å². The van der Waals surface area contributed by atoms with E-state index in [-0.39, 0.29) is 24.5 Å². The van der Waals surface area contributed by atoms with Gasteiger partial charge in [-0.1, -0.05) is 6.07 Å². The Morgan fingerprint density at radius 3 is 2.09 bits per heavy atom. The second-order valence-electron chi connectivity index (χ2n) is 2.25. The normalized spacial score (nSPS) is 9.91. The minimum atomic E-state index is -0.0782. The Hall–Kier alpha value is -1.22. The Balaban J connectivity index is 3.00. The van der Waals surface area contributed by atoms with Gasteiger partial charge in [0.15, 0.2) is 0 Å². The molecule has 3 heteroatoms. The van der Waals surface area contributed by atoms with Crippen molar-refractivity contribution in [3.63, 3.8) is 0 Å². The molecule has 0 unspecified atom stereocenters. The van der Waals surface area contributed by atoms with Crippen LogP contribution in [-0.2, 0) is 6.42 Å². The van der Waals surface area contributed by atoms with Gasteiger partial charge in [-0.3, -0.25) is 0 Å². The summed E-state index contributed by atoms with van der Waals surface area (Å²) in [6, 6.07) is 4.50. The summed E-state index contributed by atoms with van der Waals surface area (Å²) in [6.07, 6.45) is 0.276. The second-order valence-corrected chi connectivity index (χ2v) is 2.25. The molecular formula is C8H10O3. The van der Waals surface area contributed by atoms with E-state index in [0.29, 0.717) is 5.56 Å². The summed E-state index contributed by atoms with van der Waals surface area (Å²) in [5.74, 6) is 0.0538. The van der Waals surface area contributed by atoms with Crippen molar-refractivity contribution in [1.82, 2.24) is 0 Å². The van der Waals surface area contributed by atoms with Crippen molar-refractivity contribution in [2.24, 2.45) is 0 Å². The molecule has 0 heterocycles. The number of aromatic hydroxyl groups is 2. The third-order valence-electron chi connectivity index (χ3n) is 1.49. The molecule has 1 aromatic carbocycles. The standard InChI is InChI=1S/C8H10O3/c9-5-4-6-7(10)2-1-3-8(6)11/h1-3,9-11H,4-5H2. The van der Waals surface area contributed by atoms with E-state index >= 15 is 0 Å². The van der Waals surface area contributed by atoms with Crippen molar-refractivity contribution in [2.45, 2.75) is 6.42 Å². The molecule has 0 fully saturated rings. The largest absolute Gasteiger partial charge is 0.508 e. The van der Waals surface area contributed by atoms with Crippen LogP contribution in [0, 0.1) is 0 Å². The molecule has 11 heavy (non-hydrogen) atoms. The topological polar surface area (TPSA) is 60.7 Å². The van der Waals surface area contributed by atoms with Crippen LogP contribution in [0.5, 0.6) is 11.5 Å². The van der Waals surface area contributed by atoms with Crippen molar-refractivity contribution in [1.29, 1.82) is 0 Å². The van der Waals surface area contributed by atoms with Crippen molar-refractivity contribution in [3.05, 3.63) is 23.8 Å². The molecule has 1 rings (SSSR count). The van der Waals surface area contributed by atoms with Crippen LogP contribution >= 0.6 is 0 Å². The van der Waals surface area contributed by atoms with Crippen LogP contribution < -0.4 is 0 Å². The summed E-state index contributed by atoms with van der Waals surface area (Å²) in [6.45, 7) is -0.0782. The van der Waals surface area contributed by atoms with E-state index in [2.05, 4.69) is 0 Å². The van der Waals surface area contributed by atoms with Gasteiger partial charge in [0.1, 0.15) is 11.5 Å². The van der Waals surface area contributed by atoms with E-state index in [1.54, 1.807) is 6.07 Å². The SMILES string of the molecule is OCCc1c(O)cccc1O. The van der Waals surface area contributed by atoms with Gasteiger partial charge in [-0.25, -0.2) is 0 Å². The molecular weight excluding hydrogens is 144 g/mol. The molecule has 0 saturated carbocycles. The average Bonchev–Trinajstić information content (AvgIpc) is 1.97. The molecule has 0 aliphatic carbocycles.